The molecule has 1 amide bonds. The SMILES string of the molecule is CC(O)C(C)(C)NC(=O)c1ccc(Cl)s1. The lowest BCUT2D eigenvalue weighted by atomic mass is 9.99. The third kappa shape index (κ3) is 3.19. The fourth-order valence-electron chi connectivity index (χ4n) is 0.895. The van der Waals surface area contributed by atoms with Gasteiger partial charge >= 0.3 is 0 Å². The highest BCUT2D eigenvalue weighted by Gasteiger charge is 2.26. The van der Waals surface area contributed by atoms with Gasteiger partial charge in [0.2, 0.25) is 0 Å². The van der Waals surface area contributed by atoms with Crippen LogP contribution in [0.1, 0.15) is 30.4 Å². The van der Waals surface area contributed by atoms with Crippen LogP contribution in [0, 0.1) is 0 Å². The molecule has 0 aliphatic carbocycles. The van der Waals surface area contributed by atoms with Crippen molar-refractivity contribution in [2.75, 3.05) is 0 Å². The molecule has 0 aliphatic heterocycles. The minimum Gasteiger partial charge on any atom is -0.391 e. The van der Waals surface area contributed by atoms with Gasteiger partial charge in [-0.2, -0.15) is 0 Å². The predicted molar refractivity (Wildman–Crippen MR) is 62.6 cm³/mol. The third-order valence-electron chi connectivity index (χ3n) is 2.28. The van der Waals surface area contributed by atoms with Crippen molar-refractivity contribution < 1.29 is 9.90 Å². The largest absolute Gasteiger partial charge is 0.391 e. The van der Waals surface area contributed by atoms with Gasteiger partial charge in [0, 0.05) is 0 Å². The van der Waals surface area contributed by atoms with Crippen molar-refractivity contribution in [3.8, 4) is 0 Å². The fraction of sp³-hybridized carbons (Fsp3) is 0.500. The molecule has 1 atom stereocenters. The second-order valence-electron chi connectivity index (χ2n) is 3.96. The summed E-state index contributed by atoms with van der Waals surface area (Å²) >= 11 is 6.95. The molecule has 1 aromatic rings. The molecule has 3 nitrogen and oxygen atoms in total. The van der Waals surface area contributed by atoms with Gasteiger partial charge in [-0.05, 0) is 32.9 Å². The molecular weight excluding hydrogens is 234 g/mol. The van der Waals surface area contributed by atoms with Gasteiger partial charge < -0.3 is 10.4 Å². The van der Waals surface area contributed by atoms with E-state index in [0.717, 1.165) is 0 Å². The summed E-state index contributed by atoms with van der Waals surface area (Å²) in [7, 11) is 0. The average molecular weight is 248 g/mol. The molecule has 0 spiro atoms. The standard InChI is InChI=1S/C10H14ClNO2S/c1-6(13)10(2,3)12-9(14)7-4-5-8(11)15-7/h4-6,13H,1-3H3,(H,12,14). The summed E-state index contributed by atoms with van der Waals surface area (Å²) in [6, 6.07) is 3.34. The lowest BCUT2D eigenvalue weighted by molar-refractivity contribution is 0.0712. The van der Waals surface area contributed by atoms with Crippen molar-refractivity contribution in [3.05, 3.63) is 21.3 Å². The van der Waals surface area contributed by atoms with Crippen LogP contribution in [-0.2, 0) is 0 Å². The van der Waals surface area contributed by atoms with Gasteiger partial charge in [-0.3, -0.25) is 4.79 Å². The Bertz CT molecular complexity index is 360. The van der Waals surface area contributed by atoms with Crippen LogP contribution in [0.25, 0.3) is 0 Å². The molecule has 0 saturated carbocycles. The molecule has 1 unspecified atom stereocenters. The first-order chi connectivity index (χ1) is 6.83. The second kappa shape index (κ2) is 4.51. The number of hydrogen-bond donors (Lipinski definition) is 2. The Hall–Kier alpha value is -0.580. The summed E-state index contributed by atoms with van der Waals surface area (Å²) in [5, 5.41) is 12.2. The molecule has 1 heterocycles. The van der Waals surface area contributed by atoms with Gasteiger partial charge in [-0.1, -0.05) is 11.6 Å². The first kappa shape index (κ1) is 12.5. The van der Waals surface area contributed by atoms with E-state index in [-0.39, 0.29) is 5.91 Å². The van der Waals surface area contributed by atoms with Gasteiger partial charge in [0.25, 0.3) is 5.91 Å². The normalized spacial score (nSPS) is 13.7. The molecule has 0 aromatic carbocycles. The van der Waals surface area contributed by atoms with Crippen LogP contribution in [0.4, 0.5) is 0 Å². The van der Waals surface area contributed by atoms with Crippen molar-refractivity contribution in [2.45, 2.75) is 32.4 Å². The van der Waals surface area contributed by atoms with Crippen molar-refractivity contribution >= 4 is 28.8 Å². The molecule has 0 fully saturated rings. The number of halogens is 1. The van der Waals surface area contributed by atoms with E-state index in [1.54, 1.807) is 32.9 Å². The van der Waals surface area contributed by atoms with Gasteiger partial charge in [0.05, 0.1) is 20.9 Å². The number of aliphatic hydroxyl groups is 1. The summed E-state index contributed by atoms with van der Waals surface area (Å²) in [4.78, 5) is 12.3. The zero-order valence-corrected chi connectivity index (χ0v) is 10.4. The molecule has 2 N–H and O–H groups in total. The monoisotopic (exact) mass is 247 g/mol. The zero-order valence-electron chi connectivity index (χ0n) is 8.87. The quantitative estimate of drug-likeness (QED) is 0.861. The van der Waals surface area contributed by atoms with Gasteiger partial charge in [-0.15, -0.1) is 11.3 Å². The van der Waals surface area contributed by atoms with Crippen molar-refractivity contribution in [1.29, 1.82) is 0 Å². The lowest BCUT2D eigenvalue weighted by Gasteiger charge is -2.28. The maximum Gasteiger partial charge on any atom is 0.261 e. The molecule has 5 heteroatoms. The number of thiophene rings is 1. The van der Waals surface area contributed by atoms with Crippen LogP contribution in [0.3, 0.4) is 0 Å². The van der Waals surface area contributed by atoms with Crippen LogP contribution >= 0.6 is 22.9 Å². The number of nitrogens with one attached hydrogen (secondary N) is 1. The Morgan fingerprint density at radius 2 is 2.20 bits per heavy atom. The fourth-order valence-corrected chi connectivity index (χ4v) is 1.83. The number of aliphatic hydroxyl groups excluding tert-OH is 1. The first-order valence-electron chi connectivity index (χ1n) is 4.59. The second-order valence-corrected chi connectivity index (χ2v) is 5.67. The van der Waals surface area contributed by atoms with E-state index in [9.17, 15) is 9.90 Å². The van der Waals surface area contributed by atoms with Crippen molar-refractivity contribution in [2.24, 2.45) is 0 Å². The van der Waals surface area contributed by atoms with Crippen LogP contribution in [0.2, 0.25) is 4.34 Å². The highest BCUT2D eigenvalue weighted by Crippen LogP contribution is 2.22. The molecule has 0 saturated heterocycles. The predicted octanol–water partition coefficient (Wildman–Crippen LogP) is 2.29. The summed E-state index contributed by atoms with van der Waals surface area (Å²) < 4.78 is 0.579. The zero-order chi connectivity index (χ0) is 11.6. The number of carbonyl (C=O) groups is 1. The van der Waals surface area contributed by atoms with Gasteiger partial charge in [0.1, 0.15) is 0 Å². The molecule has 84 valence electrons. The van der Waals surface area contributed by atoms with Crippen LogP contribution in [0.5, 0.6) is 0 Å². The topological polar surface area (TPSA) is 49.3 Å². The van der Waals surface area contributed by atoms with Crippen LogP contribution < -0.4 is 5.32 Å². The number of carbonyl (C=O) groups excluding carboxylic acids is 1. The highest BCUT2D eigenvalue weighted by molar-refractivity contribution is 7.17. The Labute approximate surface area is 98.1 Å². The molecule has 0 radical (unpaired) electrons. The maximum absolute atomic E-state index is 11.7. The minimum absolute atomic E-state index is 0.210. The summed E-state index contributed by atoms with van der Waals surface area (Å²) in [6.07, 6.45) is -0.614. The van der Waals surface area contributed by atoms with E-state index in [1.165, 1.54) is 11.3 Å². The third-order valence-corrected chi connectivity index (χ3v) is 3.51. The Balaban J connectivity index is 2.72. The highest BCUT2D eigenvalue weighted by atomic mass is 35.5. The number of rotatable bonds is 3. The Morgan fingerprint density at radius 3 is 2.60 bits per heavy atom. The first-order valence-corrected chi connectivity index (χ1v) is 5.78. The van der Waals surface area contributed by atoms with Crippen LogP contribution in [0.15, 0.2) is 12.1 Å². The molecule has 0 bridgehead atoms. The molecule has 0 aliphatic rings. The Morgan fingerprint density at radius 1 is 1.60 bits per heavy atom. The van der Waals surface area contributed by atoms with E-state index in [2.05, 4.69) is 5.32 Å². The smallest absolute Gasteiger partial charge is 0.261 e. The van der Waals surface area contributed by atoms with Crippen molar-refractivity contribution in [1.82, 2.24) is 5.32 Å². The number of hydrogen-bond acceptors (Lipinski definition) is 3. The van der Waals surface area contributed by atoms with E-state index >= 15 is 0 Å². The number of amides is 1. The minimum atomic E-state index is -0.645. The average Bonchev–Trinajstić information content (AvgIpc) is 2.50. The maximum atomic E-state index is 11.7. The van der Waals surface area contributed by atoms with E-state index in [1.807, 2.05) is 0 Å². The lowest BCUT2D eigenvalue weighted by Crippen LogP contribution is -2.50. The summed E-state index contributed by atoms with van der Waals surface area (Å²) in [6.45, 7) is 5.18. The molecule has 15 heavy (non-hydrogen) atoms. The van der Waals surface area contributed by atoms with Crippen molar-refractivity contribution in [3.63, 3.8) is 0 Å². The van der Waals surface area contributed by atoms with Gasteiger partial charge in [0.15, 0.2) is 0 Å². The molecule has 1 aromatic heterocycles. The van der Waals surface area contributed by atoms with E-state index in [4.69, 9.17) is 11.6 Å². The van der Waals surface area contributed by atoms with E-state index in [0.29, 0.717) is 9.21 Å². The molecular formula is C10H14ClNO2S. The summed E-state index contributed by atoms with van der Waals surface area (Å²) in [5.41, 5.74) is -0.645. The molecule has 1 rings (SSSR count). The van der Waals surface area contributed by atoms with E-state index < -0.39 is 11.6 Å². The summed E-state index contributed by atoms with van der Waals surface area (Å²) in [5.74, 6) is -0.210. The van der Waals surface area contributed by atoms with Gasteiger partial charge in [-0.25, -0.2) is 0 Å². The van der Waals surface area contributed by atoms with Crippen LogP contribution in [-0.4, -0.2) is 22.7 Å². The Kier molecular flexibility index (Phi) is 3.76.